The van der Waals surface area contributed by atoms with E-state index in [-0.39, 0.29) is 17.9 Å². The van der Waals surface area contributed by atoms with Crippen LogP contribution in [0.2, 0.25) is 5.02 Å². The maximum Gasteiger partial charge on any atom is 0.254 e. The molecule has 10 heteroatoms. The number of carbonyl (C=O) groups excluding carboxylic acids is 2. The van der Waals surface area contributed by atoms with Gasteiger partial charge in [-0.1, -0.05) is 17.7 Å². The number of nitrogens with zero attached hydrogens (tertiary/aromatic N) is 4. The molecule has 2 amide bonds. The van der Waals surface area contributed by atoms with E-state index in [9.17, 15) is 9.59 Å². The predicted octanol–water partition coefficient (Wildman–Crippen LogP) is 4.40. The van der Waals surface area contributed by atoms with E-state index in [0.29, 0.717) is 73.5 Å². The van der Waals surface area contributed by atoms with Gasteiger partial charge in [-0.15, -0.1) is 0 Å². The number of rotatable bonds is 8. The van der Waals surface area contributed by atoms with Gasteiger partial charge < -0.3 is 28.9 Å². The molecule has 3 aromatic rings. The third kappa shape index (κ3) is 5.95. The summed E-state index contributed by atoms with van der Waals surface area (Å²) in [5, 5.41) is 1.31. The van der Waals surface area contributed by atoms with Gasteiger partial charge >= 0.3 is 0 Å². The number of anilines is 1. The Morgan fingerprint density at radius 1 is 1.07 bits per heavy atom. The zero-order chi connectivity index (χ0) is 28.2. The molecule has 0 radical (unpaired) electrons. The fourth-order valence-electron chi connectivity index (χ4n) is 5.47. The van der Waals surface area contributed by atoms with Crippen LogP contribution in [0.15, 0.2) is 42.5 Å². The molecule has 5 rings (SSSR count). The van der Waals surface area contributed by atoms with Gasteiger partial charge in [0.2, 0.25) is 5.91 Å². The van der Waals surface area contributed by atoms with E-state index in [2.05, 4.69) is 4.90 Å². The summed E-state index contributed by atoms with van der Waals surface area (Å²) in [7, 11) is 3.25. The first-order valence-electron chi connectivity index (χ1n) is 13.6. The third-order valence-corrected chi connectivity index (χ3v) is 7.83. The minimum absolute atomic E-state index is 0.0336. The molecule has 40 heavy (non-hydrogen) atoms. The quantitative estimate of drug-likeness (QED) is 0.400. The highest BCUT2D eigenvalue weighted by Gasteiger charge is 2.28. The Balaban J connectivity index is 1.58. The standard InChI is InChI=1S/C30H35ClN4O5/c1-20(36)33-11-13-34(14-12-33)29-22(17-25-26(38-2)9-10-27(39-3)28(25)32-29)18-35(19-24-8-5-15-40-24)30(37)21-6-4-7-23(31)16-21/h4,6-7,9-10,16-17,24H,5,8,11-15,18-19H2,1-3H3. The normalized spacial score (nSPS) is 17.2. The molecule has 9 nitrogen and oxygen atoms in total. The summed E-state index contributed by atoms with van der Waals surface area (Å²) >= 11 is 6.25. The molecule has 1 aromatic heterocycles. The molecule has 1 unspecified atom stereocenters. The lowest BCUT2D eigenvalue weighted by Crippen LogP contribution is -2.48. The van der Waals surface area contributed by atoms with Gasteiger partial charge in [-0.25, -0.2) is 4.98 Å². The number of fused-ring (bicyclic) bond motifs is 1. The molecule has 2 aliphatic rings. The lowest BCUT2D eigenvalue weighted by atomic mass is 10.1. The Morgan fingerprint density at radius 3 is 2.48 bits per heavy atom. The van der Waals surface area contributed by atoms with Crippen molar-refractivity contribution in [3.63, 3.8) is 0 Å². The summed E-state index contributed by atoms with van der Waals surface area (Å²) in [6, 6.07) is 12.8. The van der Waals surface area contributed by atoms with Crippen molar-refractivity contribution >= 4 is 40.1 Å². The van der Waals surface area contributed by atoms with Crippen LogP contribution >= 0.6 is 11.6 Å². The first kappa shape index (κ1) is 28.0. The smallest absolute Gasteiger partial charge is 0.254 e. The number of ether oxygens (including phenoxy) is 3. The molecule has 2 saturated heterocycles. The number of hydrogen-bond donors (Lipinski definition) is 0. The number of piperazine rings is 1. The van der Waals surface area contributed by atoms with Gasteiger partial charge in [-0.05, 0) is 49.2 Å². The Labute approximate surface area is 239 Å². The van der Waals surface area contributed by atoms with E-state index in [1.165, 1.54) is 0 Å². The van der Waals surface area contributed by atoms with Crippen LogP contribution in [0.5, 0.6) is 11.5 Å². The first-order chi connectivity index (χ1) is 19.4. The fraction of sp³-hybridized carbons (Fsp3) is 0.433. The highest BCUT2D eigenvalue weighted by molar-refractivity contribution is 6.31. The van der Waals surface area contributed by atoms with Crippen molar-refractivity contribution in [3.8, 4) is 11.5 Å². The maximum absolute atomic E-state index is 13.9. The predicted molar refractivity (Wildman–Crippen MR) is 154 cm³/mol. The van der Waals surface area contributed by atoms with Crippen LogP contribution in [0, 0.1) is 0 Å². The van der Waals surface area contributed by atoms with E-state index in [4.69, 9.17) is 30.8 Å². The monoisotopic (exact) mass is 566 g/mol. The SMILES string of the molecule is COc1ccc(OC)c2nc(N3CCN(C(C)=O)CC3)c(CN(CC3CCCO3)C(=O)c3cccc(Cl)c3)cc12. The third-order valence-electron chi connectivity index (χ3n) is 7.60. The summed E-state index contributed by atoms with van der Waals surface area (Å²) in [6.45, 7) is 5.53. The Hall–Kier alpha value is -3.56. The second-order valence-electron chi connectivity index (χ2n) is 10.2. The van der Waals surface area contributed by atoms with E-state index in [1.54, 1.807) is 45.4 Å². The van der Waals surface area contributed by atoms with Crippen LogP contribution in [-0.4, -0.2) is 86.3 Å². The van der Waals surface area contributed by atoms with Crippen molar-refractivity contribution < 1.29 is 23.8 Å². The molecule has 1 atom stereocenters. The highest BCUT2D eigenvalue weighted by Crippen LogP contribution is 2.36. The van der Waals surface area contributed by atoms with Gasteiger partial charge in [0.25, 0.3) is 5.91 Å². The molecular formula is C30H35ClN4O5. The van der Waals surface area contributed by atoms with Gasteiger partial charge in [-0.3, -0.25) is 9.59 Å². The number of amides is 2. The number of benzene rings is 2. The lowest BCUT2D eigenvalue weighted by molar-refractivity contribution is -0.129. The van der Waals surface area contributed by atoms with Crippen molar-refractivity contribution in [1.82, 2.24) is 14.8 Å². The van der Waals surface area contributed by atoms with Crippen LogP contribution in [0.3, 0.4) is 0 Å². The van der Waals surface area contributed by atoms with E-state index < -0.39 is 0 Å². The molecule has 3 heterocycles. The fourth-order valence-corrected chi connectivity index (χ4v) is 5.66. The average molecular weight is 567 g/mol. The van der Waals surface area contributed by atoms with E-state index in [0.717, 1.165) is 29.6 Å². The molecule has 2 fully saturated rings. The number of halogens is 1. The minimum atomic E-state index is -0.122. The van der Waals surface area contributed by atoms with E-state index >= 15 is 0 Å². The highest BCUT2D eigenvalue weighted by atomic mass is 35.5. The van der Waals surface area contributed by atoms with Gasteiger partial charge in [0.1, 0.15) is 22.8 Å². The molecule has 212 valence electrons. The van der Waals surface area contributed by atoms with Crippen molar-refractivity contribution in [1.29, 1.82) is 0 Å². The van der Waals surface area contributed by atoms with Crippen molar-refractivity contribution in [2.24, 2.45) is 0 Å². The molecule has 0 bridgehead atoms. The van der Waals surface area contributed by atoms with Crippen molar-refractivity contribution in [3.05, 3.63) is 58.6 Å². The summed E-state index contributed by atoms with van der Waals surface area (Å²) in [6.07, 6.45) is 1.85. The first-order valence-corrected chi connectivity index (χ1v) is 14.0. The van der Waals surface area contributed by atoms with Crippen molar-refractivity contribution in [2.45, 2.75) is 32.4 Å². The number of methoxy groups -OCH3 is 2. The Bertz CT molecular complexity index is 1390. The molecule has 2 aliphatic heterocycles. The van der Waals surface area contributed by atoms with Gasteiger partial charge in [-0.2, -0.15) is 0 Å². The summed E-state index contributed by atoms with van der Waals surface area (Å²) in [5.41, 5.74) is 2.08. The average Bonchev–Trinajstić information content (AvgIpc) is 3.48. The maximum atomic E-state index is 13.9. The second kappa shape index (κ2) is 12.3. The number of pyridine rings is 1. The van der Waals surface area contributed by atoms with Gasteiger partial charge in [0.05, 0.1) is 20.3 Å². The number of aromatic nitrogens is 1. The Morgan fingerprint density at radius 2 is 1.82 bits per heavy atom. The largest absolute Gasteiger partial charge is 0.496 e. The van der Waals surface area contributed by atoms with Gasteiger partial charge in [0, 0.05) is 74.3 Å². The zero-order valence-corrected chi connectivity index (χ0v) is 23.9. The lowest BCUT2D eigenvalue weighted by Gasteiger charge is -2.36. The van der Waals surface area contributed by atoms with Crippen molar-refractivity contribution in [2.75, 3.05) is 58.5 Å². The summed E-state index contributed by atoms with van der Waals surface area (Å²) in [4.78, 5) is 36.8. The van der Waals surface area contributed by atoms with Crippen LogP contribution in [0.4, 0.5) is 5.82 Å². The minimum Gasteiger partial charge on any atom is -0.496 e. The Kier molecular flexibility index (Phi) is 8.61. The van der Waals surface area contributed by atoms with Crippen LogP contribution in [-0.2, 0) is 16.1 Å². The number of hydrogen-bond acceptors (Lipinski definition) is 7. The molecule has 0 spiro atoms. The second-order valence-corrected chi connectivity index (χ2v) is 10.6. The topological polar surface area (TPSA) is 84.4 Å². The molecule has 0 N–H and O–H groups in total. The van der Waals surface area contributed by atoms with E-state index in [1.807, 2.05) is 28.0 Å². The molecule has 0 aliphatic carbocycles. The zero-order valence-electron chi connectivity index (χ0n) is 23.2. The van der Waals surface area contributed by atoms with Crippen LogP contribution in [0.25, 0.3) is 10.9 Å². The van der Waals surface area contributed by atoms with Crippen LogP contribution < -0.4 is 14.4 Å². The molecule has 0 saturated carbocycles. The number of carbonyl (C=O) groups is 2. The summed E-state index contributed by atoms with van der Waals surface area (Å²) < 4.78 is 17.3. The molecule has 2 aromatic carbocycles. The van der Waals surface area contributed by atoms with Crippen LogP contribution in [0.1, 0.15) is 35.7 Å². The van der Waals surface area contributed by atoms with Gasteiger partial charge in [0.15, 0.2) is 0 Å². The summed E-state index contributed by atoms with van der Waals surface area (Å²) in [5.74, 6) is 2.01. The molecular weight excluding hydrogens is 532 g/mol.